The number of aromatic nitrogens is 1. The molecule has 21 heavy (non-hydrogen) atoms. The first-order valence-electron chi connectivity index (χ1n) is 6.77. The molecule has 1 aromatic carbocycles. The van der Waals surface area contributed by atoms with E-state index in [0.29, 0.717) is 6.54 Å². The number of aryl methyl sites for hydroxylation is 1. The lowest BCUT2D eigenvalue weighted by molar-refractivity contribution is 0.102. The molecule has 114 valence electrons. The predicted molar refractivity (Wildman–Crippen MR) is 81.2 cm³/mol. The van der Waals surface area contributed by atoms with Crippen LogP contribution in [0.5, 0.6) is 5.75 Å². The number of nitrogens with one attached hydrogen (secondary N) is 1. The van der Waals surface area contributed by atoms with E-state index in [1.165, 1.54) is 12.1 Å². The molecular formula is C15H19FN2O2S. The number of ether oxygens (including phenoxy) is 1. The molecule has 2 rings (SSSR count). The standard InChI is InChI=1S/C15H19FN2O2S/c1-10-9-21-15(18-10)11(2)17-7-12(19)8-20-14-6-4-3-5-13(14)16/h3-6,9,11-12,17,19H,7-8H2,1-2H3. The number of aliphatic hydroxyl groups excluding tert-OH is 1. The van der Waals surface area contributed by atoms with E-state index < -0.39 is 11.9 Å². The van der Waals surface area contributed by atoms with Crippen LogP contribution in [0.25, 0.3) is 0 Å². The zero-order chi connectivity index (χ0) is 15.2. The van der Waals surface area contributed by atoms with E-state index in [2.05, 4.69) is 10.3 Å². The van der Waals surface area contributed by atoms with E-state index in [1.54, 1.807) is 23.5 Å². The second kappa shape index (κ2) is 7.49. The van der Waals surface area contributed by atoms with Gasteiger partial charge >= 0.3 is 0 Å². The van der Waals surface area contributed by atoms with E-state index in [0.717, 1.165) is 10.7 Å². The molecule has 0 saturated carbocycles. The van der Waals surface area contributed by atoms with Crippen molar-refractivity contribution < 1.29 is 14.2 Å². The number of hydrogen-bond acceptors (Lipinski definition) is 5. The van der Waals surface area contributed by atoms with Crippen LogP contribution in [0.2, 0.25) is 0 Å². The van der Waals surface area contributed by atoms with Crippen molar-refractivity contribution in [2.45, 2.75) is 26.0 Å². The Bertz CT molecular complexity index is 576. The van der Waals surface area contributed by atoms with Crippen molar-refractivity contribution in [1.82, 2.24) is 10.3 Å². The number of benzene rings is 1. The first kappa shape index (κ1) is 15.9. The molecule has 1 heterocycles. The van der Waals surface area contributed by atoms with Gasteiger partial charge in [-0.05, 0) is 26.0 Å². The molecule has 4 nitrogen and oxygen atoms in total. The maximum Gasteiger partial charge on any atom is 0.165 e. The lowest BCUT2D eigenvalue weighted by atomic mass is 10.3. The number of nitrogens with zero attached hydrogens (tertiary/aromatic N) is 1. The van der Waals surface area contributed by atoms with Gasteiger partial charge in [-0.3, -0.25) is 0 Å². The van der Waals surface area contributed by atoms with Crippen LogP contribution in [-0.4, -0.2) is 29.3 Å². The largest absolute Gasteiger partial charge is 0.488 e. The maximum atomic E-state index is 13.3. The zero-order valence-electron chi connectivity index (χ0n) is 12.0. The van der Waals surface area contributed by atoms with E-state index in [1.807, 2.05) is 19.2 Å². The van der Waals surface area contributed by atoms with Crippen molar-refractivity contribution in [1.29, 1.82) is 0 Å². The average Bonchev–Trinajstić information content (AvgIpc) is 2.90. The van der Waals surface area contributed by atoms with Gasteiger partial charge in [0.1, 0.15) is 17.7 Å². The molecule has 2 unspecified atom stereocenters. The summed E-state index contributed by atoms with van der Waals surface area (Å²) in [7, 11) is 0. The predicted octanol–water partition coefficient (Wildman–Crippen LogP) is 2.68. The summed E-state index contributed by atoms with van der Waals surface area (Å²) in [6, 6.07) is 6.21. The van der Waals surface area contributed by atoms with Crippen molar-refractivity contribution in [3.05, 3.63) is 46.2 Å². The van der Waals surface area contributed by atoms with E-state index in [4.69, 9.17) is 4.74 Å². The summed E-state index contributed by atoms with van der Waals surface area (Å²) in [4.78, 5) is 4.39. The highest BCUT2D eigenvalue weighted by Gasteiger charge is 2.12. The van der Waals surface area contributed by atoms with Gasteiger partial charge in [0.2, 0.25) is 0 Å². The second-order valence-corrected chi connectivity index (χ2v) is 5.74. The van der Waals surface area contributed by atoms with Crippen LogP contribution in [0.4, 0.5) is 4.39 Å². The normalized spacial score (nSPS) is 13.9. The minimum Gasteiger partial charge on any atom is -0.488 e. The van der Waals surface area contributed by atoms with Crippen molar-refractivity contribution in [2.24, 2.45) is 0 Å². The first-order chi connectivity index (χ1) is 10.1. The molecule has 0 fully saturated rings. The molecule has 0 spiro atoms. The highest BCUT2D eigenvalue weighted by Crippen LogP contribution is 2.18. The van der Waals surface area contributed by atoms with Gasteiger partial charge in [0.15, 0.2) is 11.6 Å². The summed E-state index contributed by atoms with van der Waals surface area (Å²) < 4.78 is 18.6. The Labute approximate surface area is 127 Å². The minimum absolute atomic E-state index is 0.0392. The van der Waals surface area contributed by atoms with Crippen LogP contribution in [0.1, 0.15) is 23.7 Å². The lowest BCUT2D eigenvalue weighted by Gasteiger charge is -2.16. The fourth-order valence-corrected chi connectivity index (χ4v) is 2.61. The van der Waals surface area contributed by atoms with Crippen LogP contribution in [-0.2, 0) is 0 Å². The van der Waals surface area contributed by atoms with Crippen molar-refractivity contribution in [3.8, 4) is 5.75 Å². The number of aliphatic hydroxyl groups is 1. The number of para-hydroxylation sites is 1. The Morgan fingerprint density at radius 3 is 2.86 bits per heavy atom. The number of halogens is 1. The molecule has 0 radical (unpaired) electrons. The molecule has 2 aromatic rings. The monoisotopic (exact) mass is 310 g/mol. The molecule has 6 heteroatoms. The Morgan fingerprint density at radius 1 is 1.43 bits per heavy atom. The van der Waals surface area contributed by atoms with Gasteiger partial charge in [0.05, 0.1) is 6.04 Å². The fourth-order valence-electron chi connectivity index (χ4n) is 1.78. The maximum absolute atomic E-state index is 13.3. The zero-order valence-corrected chi connectivity index (χ0v) is 12.9. The van der Waals surface area contributed by atoms with Crippen LogP contribution >= 0.6 is 11.3 Å². The average molecular weight is 310 g/mol. The number of rotatable bonds is 7. The van der Waals surface area contributed by atoms with Crippen molar-refractivity contribution in [2.75, 3.05) is 13.2 Å². The smallest absolute Gasteiger partial charge is 0.165 e. The van der Waals surface area contributed by atoms with Gasteiger partial charge in [-0.2, -0.15) is 0 Å². The number of thiazole rings is 1. The minimum atomic E-state index is -0.715. The summed E-state index contributed by atoms with van der Waals surface area (Å²) >= 11 is 1.59. The third-order valence-corrected chi connectivity index (χ3v) is 4.08. The first-order valence-corrected chi connectivity index (χ1v) is 7.65. The highest BCUT2D eigenvalue weighted by molar-refractivity contribution is 7.09. The summed E-state index contributed by atoms with van der Waals surface area (Å²) in [5, 5.41) is 16.0. The lowest BCUT2D eigenvalue weighted by Crippen LogP contribution is -2.33. The van der Waals surface area contributed by atoms with E-state index in [-0.39, 0.29) is 18.4 Å². The molecule has 0 aliphatic heterocycles. The summed E-state index contributed by atoms with van der Waals surface area (Å²) in [5.74, 6) is -0.274. The summed E-state index contributed by atoms with van der Waals surface area (Å²) in [5.41, 5.74) is 0.993. The van der Waals surface area contributed by atoms with Crippen LogP contribution < -0.4 is 10.1 Å². The van der Waals surface area contributed by atoms with Gasteiger partial charge < -0.3 is 15.2 Å². The number of hydrogen-bond donors (Lipinski definition) is 2. The molecule has 2 atom stereocenters. The third kappa shape index (κ3) is 4.77. The second-order valence-electron chi connectivity index (χ2n) is 4.85. The van der Waals surface area contributed by atoms with Crippen molar-refractivity contribution in [3.63, 3.8) is 0 Å². The van der Waals surface area contributed by atoms with Gasteiger partial charge in [0.25, 0.3) is 0 Å². The third-order valence-electron chi connectivity index (χ3n) is 2.93. The van der Waals surface area contributed by atoms with Crippen molar-refractivity contribution >= 4 is 11.3 Å². The van der Waals surface area contributed by atoms with Crippen LogP contribution in [0.3, 0.4) is 0 Å². The quantitative estimate of drug-likeness (QED) is 0.825. The Kier molecular flexibility index (Phi) is 5.67. The topological polar surface area (TPSA) is 54.4 Å². The molecule has 0 amide bonds. The highest BCUT2D eigenvalue weighted by atomic mass is 32.1. The van der Waals surface area contributed by atoms with Gasteiger partial charge in [-0.15, -0.1) is 11.3 Å². The Hall–Kier alpha value is -1.50. The van der Waals surface area contributed by atoms with Crippen LogP contribution in [0, 0.1) is 12.7 Å². The molecule has 0 saturated heterocycles. The fraction of sp³-hybridized carbons (Fsp3) is 0.400. The molecule has 2 N–H and O–H groups in total. The van der Waals surface area contributed by atoms with Gasteiger partial charge in [0, 0.05) is 17.6 Å². The molecular weight excluding hydrogens is 291 g/mol. The molecule has 0 aliphatic carbocycles. The van der Waals surface area contributed by atoms with Crippen LogP contribution in [0.15, 0.2) is 29.6 Å². The van der Waals surface area contributed by atoms with Gasteiger partial charge in [-0.25, -0.2) is 9.37 Å². The summed E-state index contributed by atoms with van der Waals surface area (Å²) in [6.07, 6.45) is -0.715. The van der Waals surface area contributed by atoms with Gasteiger partial charge in [-0.1, -0.05) is 12.1 Å². The summed E-state index contributed by atoms with van der Waals surface area (Å²) in [6.45, 7) is 4.33. The molecule has 0 aliphatic rings. The Morgan fingerprint density at radius 2 is 2.19 bits per heavy atom. The SMILES string of the molecule is Cc1csc(C(C)NCC(O)COc2ccccc2F)n1. The molecule has 1 aromatic heterocycles. The molecule has 0 bridgehead atoms. The van der Waals surface area contributed by atoms with E-state index >= 15 is 0 Å². The Balaban J connectivity index is 1.75. The van der Waals surface area contributed by atoms with E-state index in [9.17, 15) is 9.50 Å².